The van der Waals surface area contributed by atoms with Crippen LogP contribution in [-0.2, 0) is 5.41 Å². The zero-order valence-electron chi connectivity index (χ0n) is 12.6. The molecule has 0 aliphatic rings. The van der Waals surface area contributed by atoms with E-state index in [1.54, 1.807) is 6.07 Å². The van der Waals surface area contributed by atoms with Crippen LogP contribution in [0.2, 0.25) is 0 Å². The Kier molecular flexibility index (Phi) is 4.28. The lowest BCUT2D eigenvalue weighted by atomic mass is 9.82. The molecule has 0 atom stereocenters. The van der Waals surface area contributed by atoms with Crippen molar-refractivity contribution in [3.05, 3.63) is 35.9 Å². The van der Waals surface area contributed by atoms with E-state index in [-0.39, 0.29) is 11.4 Å². The molecule has 0 saturated heterocycles. The van der Waals surface area contributed by atoms with Crippen LogP contribution in [0.25, 0.3) is 0 Å². The zero-order chi connectivity index (χ0) is 15.5. The number of nitrogen functional groups attached to an aromatic ring is 2. The third-order valence-corrected chi connectivity index (χ3v) is 3.61. The molecular weight excluding hydrogens is 266 g/mol. The van der Waals surface area contributed by atoms with Crippen LogP contribution in [0.5, 0.6) is 11.6 Å². The van der Waals surface area contributed by atoms with E-state index in [0.29, 0.717) is 17.4 Å². The second kappa shape index (κ2) is 5.97. The molecule has 0 saturated carbocycles. The van der Waals surface area contributed by atoms with Crippen molar-refractivity contribution in [3.8, 4) is 11.6 Å². The molecule has 6 nitrogen and oxygen atoms in total. The Morgan fingerprint density at radius 1 is 1.19 bits per heavy atom. The van der Waals surface area contributed by atoms with Gasteiger partial charge >= 0.3 is 0 Å². The van der Waals surface area contributed by atoms with E-state index in [9.17, 15) is 0 Å². The van der Waals surface area contributed by atoms with Crippen molar-refractivity contribution in [2.24, 2.45) is 5.84 Å². The summed E-state index contributed by atoms with van der Waals surface area (Å²) in [5.41, 5.74) is 9.42. The predicted octanol–water partition coefficient (Wildman–Crippen LogP) is 2.82. The number of nitrogens with two attached hydrogens (primary N) is 2. The van der Waals surface area contributed by atoms with Gasteiger partial charge in [0.2, 0.25) is 11.8 Å². The van der Waals surface area contributed by atoms with Crippen molar-refractivity contribution in [3.63, 3.8) is 0 Å². The number of ether oxygens (including phenoxy) is 1. The quantitative estimate of drug-likeness (QED) is 0.577. The van der Waals surface area contributed by atoms with Crippen LogP contribution >= 0.6 is 0 Å². The molecule has 0 aliphatic carbocycles. The van der Waals surface area contributed by atoms with Gasteiger partial charge in [0.25, 0.3) is 0 Å². The second-order valence-corrected chi connectivity index (χ2v) is 5.46. The monoisotopic (exact) mass is 287 g/mol. The molecule has 2 aromatic rings. The van der Waals surface area contributed by atoms with Crippen LogP contribution in [0.1, 0.15) is 32.8 Å². The highest BCUT2D eigenvalue weighted by molar-refractivity contribution is 5.43. The smallest absolute Gasteiger partial charge is 0.226 e. The first kappa shape index (κ1) is 15.1. The highest BCUT2D eigenvalue weighted by Crippen LogP contribution is 2.29. The number of benzene rings is 1. The molecule has 112 valence electrons. The lowest BCUT2D eigenvalue weighted by Gasteiger charge is -2.23. The molecule has 2 rings (SSSR count). The van der Waals surface area contributed by atoms with Gasteiger partial charge in [0.15, 0.2) is 0 Å². The number of nitrogens with zero attached hydrogens (tertiary/aromatic N) is 2. The van der Waals surface area contributed by atoms with Crippen molar-refractivity contribution >= 4 is 11.8 Å². The zero-order valence-corrected chi connectivity index (χ0v) is 12.6. The molecular formula is C15H21N5O. The maximum atomic E-state index is 5.68. The highest BCUT2D eigenvalue weighted by atomic mass is 16.5. The summed E-state index contributed by atoms with van der Waals surface area (Å²) in [7, 11) is 0. The lowest BCUT2D eigenvalue weighted by Crippen LogP contribution is -2.14. The first-order valence-electron chi connectivity index (χ1n) is 6.84. The standard InChI is InChI=1S/C15H21N5O/c1-4-15(2,3)10-5-7-11(8-6-10)21-13-9-12(20-17)18-14(16)19-13/h5-9H,4,17H2,1-3H3,(H3,16,18,19,20). The number of rotatable bonds is 5. The van der Waals surface area contributed by atoms with Gasteiger partial charge in [-0.15, -0.1) is 0 Å². The van der Waals surface area contributed by atoms with Gasteiger partial charge in [-0.25, -0.2) is 5.84 Å². The first-order valence-corrected chi connectivity index (χ1v) is 6.84. The minimum atomic E-state index is 0.101. The Morgan fingerprint density at radius 3 is 2.43 bits per heavy atom. The van der Waals surface area contributed by atoms with Crippen LogP contribution in [0.4, 0.5) is 11.8 Å². The summed E-state index contributed by atoms with van der Waals surface area (Å²) < 4.78 is 5.68. The largest absolute Gasteiger partial charge is 0.439 e. The van der Waals surface area contributed by atoms with Crippen LogP contribution in [0, 0.1) is 0 Å². The molecule has 0 unspecified atom stereocenters. The molecule has 0 aliphatic heterocycles. The summed E-state index contributed by atoms with van der Waals surface area (Å²) in [6.07, 6.45) is 1.07. The third-order valence-electron chi connectivity index (χ3n) is 3.61. The van der Waals surface area contributed by atoms with Crippen LogP contribution < -0.4 is 21.7 Å². The van der Waals surface area contributed by atoms with Gasteiger partial charge in [-0.05, 0) is 29.5 Å². The maximum absolute atomic E-state index is 5.68. The van der Waals surface area contributed by atoms with Crippen LogP contribution in [0.15, 0.2) is 30.3 Å². The van der Waals surface area contributed by atoms with Crippen molar-refractivity contribution in [1.29, 1.82) is 0 Å². The molecule has 6 heteroatoms. The number of aromatic nitrogens is 2. The lowest BCUT2D eigenvalue weighted by molar-refractivity contribution is 0.460. The summed E-state index contributed by atoms with van der Waals surface area (Å²) in [6, 6.07) is 9.54. The minimum absolute atomic E-state index is 0.101. The van der Waals surface area contributed by atoms with Gasteiger partial charge in [-0.2, -0.15) is 9.97 Å². The second-order valence-electron chi connectivity index (χ2n) is 5.46. The molecule has 1 aromatic heterocycles. The molecule has 0 bridgehead atoms. The Bertz CT molecular complexity index is 610. The molecule has 1 aromatic carbocycles. The Balaban J connectivity index is 2.19. The Labute approximate surface area is 124 Å². The van der Waals surface area contributed by atoms with Gasteiger partial charge in [-0.3, -0.25) is 0 Å². The maximum Gasteiger partial charge on any atom is 0.226 e. The van der Waals surface area contributed by atoms with Gasteiger partial charge in [0.05, 0.1) is 0 Å². The van der Waals surface area contributed by atoms with E-state index in [1.807, 2.05) is 12.1 Å². The molecule has 0 fully saturated rings. The molecule has 5 N–H and O–H groups in total. The average Bonchev–Trinajstić information content (AvgIpc) is 2.47. The fourth-order valence-corrected chi connectivity index (χ4v) is 1.87. The molecule has 0 radical (unpaired) electrons. The number of nitrogens with one attached hydrogen (secondary N) is 1. The number of hydrazine groups is 1. The third kappa shape index (κ3) is 3.61. The normalized spacial score (nSPS) is 11.2. The summed E-state index contributed by atoms with van der Waals surface area (Å²) in [6.45, 7) is 6.61. The summed E-state index contributed by atoms with van der Waals surface area (Å²) in [4.78, 5) is 7.92. The first-order chi connectivity index (χ1) is 9.94. The van der Waals surface area contributed by atoms with E-state index in [0.717, 1.165) is 6.42 Å². The average molecular weight is 287 g/mol. The van der Waals surface area contributed by atoms with Crippen molar-refractivity contribution < 1.29 is 4.74 Å². The number of anilines is 2. The van der Waals surface area contributed by atoms with Gasteiger partial charge < -0.3 is 15.9 Å². The van der Waals surface area contributed by atoms with Gasteiger partial charge in [0, 0.05) is 6.07 Å². The van der Waals surface area contributed by atoms with E-state index in [4.69, 9.17) is 16.3 Å². The fourth-order valence-electron chi connectivity index (χ4n) is 1.87. The highest BCUT2D eigenvalue weighted by Gasteiger charge is 2.17. The van der Waals surface area contributed by atoms with Gasteiger partial charge in [-0.1, -0.05) is 32.9 Å². The number of hydrogen-bond acceptors (Lipinski definition) is 6. The predicted molar refractivity (Wildman–Crippen MR) is 84.1 cm³/mol. The van der Waals surface area contributed by atoms with E-state index in [1.165, 1.54) is 5.56 Å². The van der Waals surface area contributed by atoms with Crippen LogP contribution in [0.3, 0.4) is 0 Å². The molecule has 1 heterocycles. The summed E-state index contributed by atoms with van der Waals surface area (Å²) in [5, 5.41) is 0. The van der Waals surface area contributed by atoms with Gasteiger partial charge in [0.1, 0.15) is 11.6 Å². The Hall–Kier alpha value is -2.34. The molecule has 0 spiro atoms. The topological polar surface area (TPSA) is 99.1 Å². The van der Waals surface area contributed by atoms with E-state index in [2.05, 4.69) is 48.3 Å². The summed E-state index contributed by atoms with van der Waals surface area (Å²) in [5.74, 6) is 6.85. The van der Waals surface area contributed by atoms with Crippen molar-refractivity contribution in [2.45, 2.75) is 32.6 Å². The Morgan fingerprint density at radius 2 is 1.86 bits per heavy atom. The number of hydrogen-bond donors (Lipinski definition) is 3. The fraction of sp³-hybridized carbons (Fsp3) is 0.333. The summed E-state index contributed by atoms with van der Waals surface area (Å²) >= 11 is 0. The van der Waals surface area contributed by atoms with E-state index < -0.39 is 0 Å². The van der Waals surface area contributed by atoms with Crippen molar-refractivity contribution in [1.82, 2.24) is 9.97 Å². The van der Waals surface area contributed by atoms with Crippen LogP contribution in [-0.4, -0.2) is 9.97 Å². The van der Waals surface area contributed by atoms with E-state index >= 15 is 0 Å². The SMILES string of the molecule is CCC(C)(C)c1ccc(Oc2cc(NN)nc(N)n2)cc1. The molecule has 21 heavy (non-hydrogen) atoms. The minimum Gasteiger partial charge on any atom is -0.439 e. The van der Waals surface area contributed by atoms with Crippen molar-refractivity contribution in [2.75, 3.05) is 11.2 Å². The molecule has 0 amide bonds.